The van der Waals surface area contributed by atoms with Crippen LogP contribution < -0.4 is 10.1 Å². The summed E-state index contributed by atoms with van der Waals surface area (Å²) in [6.45, 7) is 15.6. The highest BCUT2D eigenvalue weighted by atomic mass is 16.5. The average Bonchev–Trinajstić information content (AvgIpc) is 2.77. The van der Waals surface area contributed by atoms with E-state index in [1.165, 1.54) is 11.1 Å². The molecule has 3 heteroatoms. The van der Waals surface area contributed by atoms with Gasteiger partial charge in [0, 0.05) is 11.3 Å². The molecule has 0 fully saturated rings. The van der Waals surface area contributed by atoms with E-state index < -0.39 is 6.10 Å². The van der Waals surface area contributed by atoms with Gasteiger partial charge in [-0.15, -0.1) is 0 Å². The van der Waals surface area contributed by atoms with Crippen molar-refractivity contribution < 1.29 is 9.53 Å². The van der Waals surface area contributed by atoms with Crippen molar-refractivity contribution in [3.63, 3.8) is 0 Å². The molecule has 170 valence electrons. The quantitative estimate of drug-likeness (QED) is 0.403. The zero-order valence-electron chi connectivity index (χ0n) is 20.5. The van der Waals surface area contributed by atoms with Crippen LogP contribution in [0.15, 0.2) is 48.5 Å². The number of carbonyl (C=O) groups excluding carboxylic acids is 1. The Kier molecular flexibility index (Phi) is 8.73. The maximum Gasteiger partial charge on any atom is 0.265 e. The Morgan fingerprint density at radius 3 is 2.16 bits per heavy atom. The third kappa shape index (κ3) is 6.59. The third-order valence-corrected chi connectivity index (χ3v) is 6.68. The van der Waals surface area contributed by atoms with E-state index in [-0.39, 0.29) is 16.7 Å². The number of benzene rings is 2. The summed E-state index contributed by atoms with van der Waals surface area (Å²) in [6.07, 6.45) is 4.21. The summed E-state index contributed by atoms with van der Waals surface area (Å²) < 4.78 is 6.46. The molecule has 0 saturated heterocycles. The molecule has 0 spiro atoms. The molecule has 3 nitrogen and oxygen atoms in total. The van der Waals surface area contributed by atoms with E-state index in [1.54, 1.807) is 0 Å². The number of anilines is 1. The van der Waals surface area contributed by atoms with Crippen molar-refractivity contribution in [2.75, 3.05) is 5.32 Å². The molecule has 31 heavy (non-hydrogen) atoms. The van der Waals surface area contributed by atoms with E-state index in [1.807, 2.05) is 30.3 Å². The second kappa shape index (κ2) is 10.8. The number of hydrogen-bond donors (Lipinski definition) is 1. The van der Waals surface area contributed by atoms with Gasteiger partial charge in [0.15, 0.2) is 6.10 Å². The molecule has 0 heterocycles. The van der Waals surface area contributed by atoms with Crippen LogP contribution in [-0.4, -0.2) is 12.0 Å². The van der Waals surface area contributed by atoms with Gasteiger partial charge in [-0.3, -0.25) is 4.79 Å². The summed E-state index contributed by atoms with van der Waals surface area (Å²) in [5.41, 5.74) is 3.36. The molecule has 0 aliphatic carbocycles. The Morgan fingerprint density at radius 1 is 0.935 bits per heavy atom. The second-order valence-electron chi connectivity index (χ2n) is 9.79. The molecule has 1 N–H and O–H groups in total. The number of rotatable bonds is 11. The Hall–Kier alpha value is -2.29. The molecular weight excluding hydrogens is 382 g/mol. The van der Waals surface area contributed by atoms with E-state index in [2.05, 4.69) is 72.0 Å². The minimum Gasteiger partial charge on any atom is -0.480 e. The van der Waals surface area contributed by atoms with Crippen LogP contribution in [0.3, 0.4) is 0 Å². The molecule has 1 unspecified atom stereocenters. The van der Waals surface area contributed by atoms with Crippen molar-refractivity contribution in [1.82, 2.24) is 0 Å². The van der Waals surface area contributed by atoms with Crippen LogP contribution in [0.2, 0.25) is 0 Å². The molecule has 0 aliphatic rings. The molecule has 2 rings (SSSR count). The van der Waals surface area contributed by atoms with Gasteiger partial charge in [-0.25, -0.2) is 0 Å². The van der Waals surface area contributed by atoms with Gasteiger partial charge in [0.2, 0.25) is 0 Å². The summed E-state index contributed by atoms with van der Waals surface area (Å²) in [4.78, 5) is 13.1. The fraction of sp³-hybridized carbons (Fsp3) is 0.536. The van der Waals surface area contributed by atoms with Crippen molar-refractivity contribution in [3.8, 4) is 5.75 Å². The molecular formula is C28H41NO2. The van der Waals surface area contributed by atoms with Gasteiger partial charge < -0.3 is 10.1 Å². The maximum atomic E-state index is 13.1. The Morgan fingerprint density at radius 2 is 1.58 bits per heavy atom. The topological polar surface area (TPSA) is 38.3 Å². The maximum absolute atomic E-state index is 13.1. The van der Waals surface area contributed by atoms with Gasteiger partial charge >= 0.3 is 0 Å². The molecule has 0 radical (unpaired) electrons. The van der Waals surface area contributed by atoms with Crippen molar-refractivity contribution >= 4 is 11.6 Å². The molecule has 1 atom stereocenters. The Labute approximate surface area is 189 Å². The summed E-state index contributed by atoms with van der Waals surface area (Å²) in [5, 5.41) is 3.02. The van der Waals surface area contributed by atoms with Crippen molar-refractivity contribution in [2.45, 2.75) is 97.5 Å². The van der Waals surface area contributed by atoms with Crippen LogP contribution in [0.25, 0.3) is 0 Å². The van der Waals surface area contributed by atoms with Crippen molar-refractivity contribution in [2.24, 2.45) is 0 Å². The van der Waals surface area contributed by atoms with E-state index in [9.17, 15) is 4.79 Å². The van der Waals surface area contributed by atoms with Crippen LogP contribution in [0.1, 0.15) is 91.7 Å². The molecule has 0 saturated carbocycles. The number of ether oxygens (including phenoxy) is 1. The van der Waals surface area contributed by atoms with Crippen LogP contribution >= 0.6 is 0 Å². The van der Waals surface area contributed by atoms with Crippen molar-refractivity contribution in [3.05, 3.63) is 59.7 Å². The normalized spacial score (nSPS) is 13.0. The molecule has 1 amide bonds. The van der Waals surface area contributed by atoms with Gasteiger partial charge in [0.1, 0.15) is 5.75 Å². The first-order chi connectivity index (χ1) is 14.6. The lowest BCUT2D eigenvalue weighted by atomic mass is 9.76. The highest BCUT2D eigenvalue weighted by Gasteiger charge is 2.29. The summed E-state index contributed by atoms with van der Waals surface area (Å²) in [6, 6.07) is 16.1. The lowest BCUT2D eigenvalue weighted by molar-refractivity contribution is -0.123. The first-order valence-electron chi connectivity index (χ1n) is 11.8. The number of unbranched alkanes of at least 4 members (excludes halogenated alkanes) is 1. The summed E-state index contributed by atoms with van der Waals surface area (Å²) in [7, 11) is 0. The largest absolute Gasteiger partial charge is 0.480 e. The molecule has 0 aromatic heterocycles. The highest BCUT2D eigenvalue weighted by Crippen LogP contribution is 2.39. The number of nitrogens with one attached hydrogen (secondary N) is 1. The van der Waals surface area contributed by atoms with E-state index in [0.29, 0.717) is 6.42 Å². The zero-order chi connectivity index (χ0) is 23.1. The number of para-hydroxylation sites is 1. The van der Waals surface area contributed by atoms with Crippen LogP contribution in [0.4, 0.5) is 5.69 Å². The minimum absolute atomic E-state index is 0.0413. The SMILES string of the molecule is CCCCC(Oc1ccc(C(C)(C)CC)cc1C(C)(C)CC)C(=O)Nc1ccccc1. The van der Waals surface area contributed by atoms with Gasteiger partial charge in [0.25, 0.3) is 5.91 Å². The second-order valence-corrected chi connectivity index (χ2v) is 9.79. The Balaban J connectivity index is 2.39. The molecule has 2 aromatic rings. The van der Waals surface area contributed by atoms with Gasteiger partial charge in [-0.2, -0.15) is 0 Å². The van der Waals surface area contributed by atoms with Gasteiger partial charge in [-0.1, -0.05) is 85.2 Å². The average molecular weight is 424 g/mol. The first-order valence-corrected chi connectivity index (χ1v) is 11.8. The van der Waals surface area contributed by atoms with Crippen LogP contribution in [-0.2, 0) is 15.6 Å². The highest BCUT2D eigenvalue weighted by molar-refractivity contribution is 5.94. The predicted molar refractivity (Wildman–Crippen MR) is 132 cm³/mol. The third-order valence-electron chi connectivity index (χ3n) is 6.68. The van der Waals surface area contributed by atoms with Gasteiger partial charge in [-0.05, 0) is 60.3 Å². The van der Waals surface area contributed by atoms with Crippen molar-refractivity contribution in [1.29, 1.82) is 0 Å². The smallest absolute Gasteiger partial charge is 0.265 e. The first kappa shape index (κ1) is 25.0. The van der Waals surface area contributed by atoms with E-state index in [4.69, 9.17) is 4.74 Å². The number of amides is 1. The lowest BCUT2D eigenvalue weighted by Crippen LogP contribution is -2.34. The molecule has 2 aromatic carbocycles. The summed E-state index contributed by atoms with van der Waals surface area (Å²) >= 11 is 0. The standard InChI is InChI=1S/C28H41NO2/c1-8-11-17-25(26(30)29-22-15-13-12-14-16-22)31-24-19-18-21(27(4,5)9-2)20-23(24)28(6,7)10-3/h12-16,18-20,25H,8-11,17H2,1-7H3,(H,29,30). The predicted octanol–water partition coefficient (Wildman–Crippen LogP) is 7.64. The number of carbonyl (C=O) groups is 1. The molecule has 0 bridgehead atoms. The molecule has 0 aliphatic heterocycles. The monoisotopic (exact) mass is 423 g/mol. The fourth-order valence-corrected chi connectivity index (χ4v) is 3.51. The van der Waals surface area contributed by atoms with E-state index >= 15 is 0 Å². The lowest BCUT2D eigenvalue weighted by Gasteiger charge is -2.31. The zero-order valence-corrected chi connectivity index (χ0v) is 20.5. The number of hydrogen-bond acceptors (Lipinski definition) is 2. The van der Waals surface area contributed by atoms with E-state index in [0.717, 1.165) is 37.1 Å². The Bertz CT molecular complexity index is 839. The summed E-state index contributed by atoms with van der Waals surface area (Å²) in [5.74, 6) is 0.740. The minimum atomic E-state index is -0.517. The fourth-order valence-electron chi connectivity index (χ4n) is 3.51. The van der Waals surface area contributed by atoms with Gasteiger partial charge in [0.05, 0.1) is 0 Å². The van der Waals surface area contributed by atoms with Crippen LogP contribution in [0.5, 0.6) is 5.75 Å². The van der Waals surface area contributed by atoms with Crippen LogP contribution in [0, 0.1) is 0 Å².